The van der Waals surface area contributed by atoms with Gasteiger partial charge < -0.3 is 0 Å². The van der Waals surface area contributed by atoms with Crippen LogP contribution in [0, 0.1) is 0 Å². The van der Waals surface area contributed by atoms with E-state index < -0.39 is 0 Å². The quantitative estimate of drug-likeness (QED) is 0.538. The number of halogens is 1. The Balaban J connectivity index is 0. The Morgan fingerprint density at radius 3 is 1.89 bits per heavy atom. The summed E-state index contributed by atoms with van der Waals surface area (Å²) in [6.45, 7) is 6.75. The van der Waals surface area contributed by atoms with Gasteiger partial charge in [0.05, 0.1) is 0 Å². The van der Waals surface area contributed by atoms with Crippen molar-refractivity contribution < 1.29 is 0 Å². The van der Waals surface area contributed by atoms with Gasteiger partial charge >= 0.3 is 0 Å². The molecule has 9 heavy (non-hydrogen) atoms. The fourth-order valence-electron chi connectivity index (χ4n) is 0.632. The van der Waals surface area contributed by atoms with Gasteiger partial charge in [0.1, 0.15) is 0 Å². The molecule has 0 nitrogen and oxygen atoms in total. The second-order valence-electron chi connectivity index (χ2n) is 3.09. The minimum absolute atomic E-state index is 0. The molecular weight excluding hydrogens is 242 g/mol. The van der Waals surface area contributed by atoms with Crippen molar-refractivity contribution in [2.24, 2.45) is 0 Å². The molecule has 0 radical (unpaired) electrons. The molecule has 0 fully saturated rings. The summed E-state index contributed by atoms with van der Waals surface area (Å²) in [5.41, 5.74) is 0. The van der Waals surface area contributed by atoms with E-state index >= 15 is 0 Å². The summed E-state index contributed by atoms with van der Waals surface area (Å²) < 4.78 is 0. The maximum Gasteiger partial charge on any atom is -0.0207 e. The van der Waals surface area contributed by atoms with Gasteiger partial charge in [-0.15, -0.1) is 33.2 Å². The predicted molar refractivity (Wildman–Crippen MR) is 58.7 cm³/mol. The molecule has 0 aromatic carbocycles. The van der Waals surface area contributed by atoms with E-state index in [1.807, 2.05) is 0 Å². The first-order chi connectivity index (χ1) is 3.56. The van der Waals surface area contributed by atoms with Crippen LogP contribution < -0.4 is 0 Å². The van der Waals surface area contributed by atoms with Crippen molar-refractivity contribution in [2.45, 2.75) is 45.2 Å². The molecule has 0 bridgehead atoms. The Hall–Kier alpha value is 1.16. The van der Waals surface area contributed by atoms with Crippen molar-refractivity contribution in [3.05, 3.63) is 0 Å². The zero-order valence-electron chi connectivity index (χ0n) is 6.61. The molecule has 0 saturated heterocycles. The number of hydrogen-bond donors (Lipinski definition) is 0. The van der Waals surface area contributed by atoms with Gasteiger partial charge in [0.25, 0.3) is 0 Å². The lowest BCUT2D eigenvalue weighted by Crippen LogP contribution is -2.07. The Kier molecular flexibility index (Phi) is 8.41. The van der Waals surface area contributed by atoms with Crippen LogP contribution in [0.25, 0.3) is 0 Å². The standard InChI is InChI=1S/C7H17P.HI/c1-4-5-6-7(2,3)8;/h4-6,8H2,1-3H3;1H. The number of rotatable bonds is 3. The van der Waals surface area contributed by atoms with E-state index in [9.17, 15) is 0 Å². The zero-order valence-corrected chi connectivity index (χ0v) is 10.1. The highest BCUT2D eigenvalue weighted by molar-refractivity contribution is 14.0. The summed E-state index contributed by atoms with van der Waals surface area (Å²) in [6, 6.07) is 0. The summed E-state index contributed by atoms with van der Waals surface area (Å²) >= 11 is 0. The van der Waals surface area contributed by atoms with Crippen molar-refractivity contribution in [2.75, 3.05) is 0 Å². The molecule has 0 N–H and O–H groups in total. The molecule has 0 rings (SSSR count). The zero-order chi connectivity index (χ0) is 6.62. The molecule has 0 aliphatic carbocycles. The first-order valence-electron chi connectivity index (χ1n) is 3.35. The Labute approximate surface area is 78.4 Å². The summed E-state index contributed by atoms with van der Waals surface area (Å²) in [7, 11) is 2.87. The lowest BCUT2D eigenvalue weighted by atomic mass is 10.1. The fraction of sp³-hybridized carbons (Fsp3) is 1.00. The minimum atomic E-state index is 0. The highest BCUT2D eigenvalue weighted by Gasteiger charge is 2.07. The van der Waals surface area contributed by atoms with Crippen LogP contribution in [0.15, 0.2) is 0 Å². The molecule has 0 aromatic rings. The average molecular weight is 260 g/mol. The monoisotopic (exact) mass is 260 g/mol. The van der Waals surface area contributed by atoms with Crippen LogP contribution >= 0.6 is 33.2 Å². The lowest BCUT2D eigenvalue weighted by molar-refractivity contribution is 0.593. The van der Waals surface area contributed by atoms with Gasteiger partial charge in [0.2, 0.25) is 0 Å². The third-order valence-corrected chi connectivity index (χ3v) is 1.46. The fourth-order valence-corrected chi connectivity index (χ4v) is 0.837. The second-order valence-corrected chi connectivity index (χ2v) is 4.66. The average Bonchev–Trinajstić information content (AvgIpc) is 1.59. The SMILES string of the molecule is CCCCC(C)(C)P.I. The molecule has 1 unspecified atom stereocenters. The van der Waals surface area contributed by atoms with Crippen molar-refractivity contribution in [1.29, 1.82) is 0 Å². The van der Waals surface area contributed by atoms with Crippen LogP contribution in [0.3, 0.4) is 0 Å². The molecule has 0 spiro atoms. The molecule has 0 aliphatic rings. The minimum Gasteiger partial charge on any atom is -0.132 e. The highest BCUT2D eigenvalue weighted by Crippen LogP contribution is 2.22. The van der Waals surface area contributed by atoms with Crippen LogP contribution in [0.1, 0.15) is 40.0 Å². The van der Waals surface area contributed by atoms with E-state index in [1.54, 1.807) is 0 Å². The van der Waals surface area contributed by atoms with E-state index in [0.717, 1.165) is 0 Å². The van der Waals surface area contributed by atoms with Gasteiger partial charge in [-0.05, 0) is 11.6 Å². The van der Waals surface area contributed by atoms with Gasteiger partial charge in [-0.1, -0.05) is 33.6 Å². The maximum atomic E-state index is 2.87. The van der Waals surface area contributed by atoms with Gasteiger partial charge in [-0.3, -0.25) is 0 Å². The molecule has 0 saturated carbocycles. The molecule has 0 amide bonds. The Morgan fingerprint density at radius 2 is 1.78 bits per heavy atom. The van der Waals surface area contributed by atoms with E-state index in [2.05, 4.69) is 30.0 Å². The largest absolute Gasteiger partial charge is 0.132 e. The molecule has 0 aliphatic heterocycles. The molecular formula is C7H18IP. The first-order valence-corrected chi connectivity index (χ1v) is 3.93. The smallest absolute Gasteiger partial charge is 0.0207 e. The summed E-state index contributed by atoms with van der Waals surface area (Å²) in [5.74, 6) is 0. The van der Waals surface area contributed by atoms with Gasteiger partial charge in [0.15, 0.2) is 0 Å². The van der Waals surface area contributed by atoms with E-state index in [0.29, 0.717) is 5.16 Å². The number of hydrogen-bond acceptors (Lipinski definition) is 0. The van der Waals surface area contributed by atoms with Crippen LogP contribution in [0.4, 0.5) is 0 Å². The highest BCUT2D eigenvalue weighted by atomic mass is 127. The lowest BCUT2D eigenvalue weighted by Gasteiger charge is -2.16. The van der Waals surface area contributed by atoms with Crippen molar-refractivity contribution in [3.63, 3.8) is 0 Å². The third kappa shape index (κ3) is 12.4. The Bertz CT molecular complexity index is 56.4. The van der Waals surface area contributed by atoms with Crippen LogP contribution in [-0.4, -0.2) is 5.16 Å². The second kappa shape index (κ2) is 5.91. The normalized spacial score (nSPS) is 10.7. The predicted octanol–water partition coefficient (Wildman–Crippen LogP) is 3.45. The van der Waals surface area contributed by atoms with E-state index in [1.165, 1.54) is 19.3 Å². The van der Waals surface area contributed by atoms with E-state index in [-0.39, 0.29) is 24.0 Å². The van der Waals surface area contributed by atoms with Crippen molar-refractivity contribution >= 4 is 33.2 Å². The van der Waals surface area contributed by atoms with Crippen LogP contribution in [-0.2, 0) is 0 Å². The molecule has 0 aromatic heterocycles. The van der Waals surface area contributed by atoms with Gasteiger partial charge in [-0.25, -0.2) is 0 Å². The summed E-state index contributed by atoms with van der Waals surface area (Å²) in [4.78, 5) is 0. The summed E-state index contributed by atoms with van der Waals surface area (Å²) in [5, 5.41) is 0.468. The molecule has 0 heterocycles. The van der Waals surface area contributed by atoms with Crippen molar-refractivity contribution in [1.82, 2.24) is 0 Å². The molecule has 2 heteroatoms. The topological polar surface area (TPSA) is 0 Å². The van der Waals surface area contributed by atoms with Crippen LogP contribution in [0.5, 0.6) is 0 Å². The summed E-state index contributed by atoms with van der Waals surface area (Å²) in [6.07, 6.45) is 4.00. The third-order valence-electron chi connectivity index (χ3n) is 1.17. The first kappa shape index (κ1) is 12.8. The molecule has 58 valence electrons. The Morgan fingerprint density at radius 1 is 1.33 bits per heavy atom. The van der Waals surface area contributed by atoms with Gasteiger partial charge in [0, 0.05) is 0 Å². The van der Waals surface area contributed by atoms with Crippen LogP contribution in [0.2, 0.25) is 0 Å². The van der Waals surface area contributed by atoms with Gasteiger partial charge in [-0.2, -0.15) is 0 Å². The van der Waals surface area contributed by atoms with E-state index in [4.69, 9.17) is 0 Å². The molecule has 1 atom stereocenters. The number of unbranched alkanes of at least 4 members (excludes halogenated alkanes) is 1. The maximum absolute atomic E-state index is 2.87. The van der Waals surface area contributed by atoms with Crippen molar-refractivity contribution in [3.8, 4) is 0 Å².